The zero-order valence-corrected chi connectivity index (χ0v) is 29.5. The number of rotatable bonds is 10. The Bertz CT molecular complexity index is 2010. The second kappa shape index (κ2) is 13.6. The average molecular weight is 667 g/mol. The summed E-state index contributed by atoms with van der Waals surface area (Å²) in [5, 5.41) is 7.18. The van der Waals surface area contributed by atoms with E-state index in [0.717, 1.165) is 51.1 Å². The molecular weight excluding hydrogens is 625 g/mol. The summed E-state index contributed by atoms with van der Waals surface area (Å²) in [6, 6.07) is 41.7. The molecule has 2 aromatic heterocycles. The van der Waals surface area contributed by atoms with Gasteiger partial charge in [-0.05, 0) is 64.1 Å². The standard InChI is InChI=1S/C42H42N2O4Si/c1-5-46-41(45)36-26-32-28-43-35(23-24-47-49(42(2,3)4,33-18-8-6-9-19-33)34-20-10-7-11-21-34)39(32)40(44-36)31-17-14-16-29(25-31)38-27-30-15-12-13-22-37(30)48-38/h6-22,25-27,35,43H,5,23-24,28H2,1-4H3/t35-/m1/s1. The van der Waals surface area contributed by atoms with Crippen LogP contribution in [0.5, 0.6) is 0 Å². The van der Waals surface area contributed by atoms with Crippen molar-refractivity contribution in [2.24, 2.45) is 0 Å². The Kier molecular flexibility index (Phi) is 9.07. The van der Waals surface area contributed by atoms with Gasteiger partial charge in [-0.25, -0.2) is 9.78 Å². The highest BCUT2D eigenvalue weighted by Crippen LogP contribution is 2.40. The van der Waals surface area contributed by atoms with Crippen molar-refractivity contribution in [2.75, 3.05) is 13.2 Å². The van der Waals surface area contributed by atoms with E-state index in [2.05, 4.69) is 111 Å². The highest BCUT2D eigenvalue weighted by Gasteiger charge is 2.50. The van der Waals surface area contributed by atoms with Crippen LogP contribution < -0.4 is 15.7 Å². The van der Waals surface area contributed by atoms with Gasteiger partial charge in [-0.2, -0.15) is 0 Å². The summed E-state index contributed by atoms with van der Waals surface area (Å²) in [4.78, 5) is 18.0. The van der Waals surface area contributed by atoms with E-state index >= 15 is 0 Å². The molecule has 0 aliphatic carbocycles. The number of carbonyl (C=O) groups excluding carboxylic acids is 1. The topological polar surface area (TPSA) is 73.6 Å². The van der Waals surface area contributed by atoms with Crippen LogP contribution in [0.4, 0.5) is 0 Å². The molecule has 1 N–H and O–H groups in total. The van der Waals surface area contributed by atoms with Crippen LogP contribution in [-0.2, 0) is 15.7 Å². The molecule has 49 heavy (non-hydrogen) atoms. The van der Waals surface area contributed by atoms with E-state index < -0.39 is 14.3 Å². The van der Waals surface area contributed by atoms with Crippen LogP contribution in [0, 0.1) is 0 Å². The summed E-state index contributed by atoms with van der Waals surface area (Å²) in [7, 11) is -2.70. The molecule has 1 aliphatic rings. The summed E-state index contributed by atoms with van der Waals surface area (Å²) in [6.07, 6.45) is 0.744. The van der Waals surface area contributed by atoms with Gasteiger partial charge in [0.05, 0.1) is 12.3 Å². The largest absolute Gasteiger partial charge is 0.461 e. The molecule has 3 heterocycles. The molecule has 0 amide bonds. The quantitative estimate of drug-likeness (QED) is 0.117. The molecule has 6 aromatic rings. The molecule has 0 spiro atoms. The molecule has 0 saturated carbocycles. The monoisotopic (exact) mass is 666 g/mol. The number of esters is 1. The van der Waals surface area contributed by atoms with E-state index in [1.165, 1.54) is 10.4 Å². The van der Waals surface area contributed by atoms with Gasteiger partial charge in [0.1, 0.15) is 17.0 Å². The lowest BCUT2D eigenvalue weighted by Gasteiger charge is -2.43. The molecule has 6 nitrogen and oxygen atoms in total. The lowest BCUT2D eigenvalue weighted by atomic mass is 9.95. The fourth-order valence-corrected chi connectivity index (χ4v) is 11.9. The van der Waals surface area contributed by atoms with Crippen LogP contribution in [-0.4, -0.2) is 32.5 Å². The van der Waals surface area contributed by atoms with Crippen molar-refractivity contribution in [3.63, 3.8) is 0 Å². The average Bonchev–Trinajstić information content (AvgIpc) is 3.75. The summed E-state index contributed by atoms with van der Waals surface area (Å²) in [5.41, 5.74) is 5.95. The minimum Gasteiger partial charge on any atom is -0.461 e. The number of carbonyl (C=O) groups is 1. The predicted molar refractivity (Wildman–Crippen MR) is 199 cm³/mol. The Morgan fingerprint density at radius 2 is 1.53 bits per heavy atom. The van der Waals surface area contributed by atoms with Gasteiger partial charge in [-0.15, -0.1) is 0 Å². The van der Waals surface area contributed by atoms with Gasteiger partial charge >= 0.3 is 5.97 Å². The molecule has 0 bridgehead atoms. The van der Waals surface area contributed by atoms with Crippen molar-refractivity contribution >= 4 is 35.6 Å². The summed E-state index contributed by atoms with van der Waals surface area (Å²) in [6.45, 7) is 10.2. The molecule has 1 aliphatic heterocycles. The van der Waals surface area contributed by atoms with Gasteiger partial charge in [0.2, 0.25) is 0 Å². The van der Waals surface area contributed by atoms with Crippen LogP contribution in [0.25, 0.3) is 33.6 Å². The number of furan rings is 1. The summed E-state index contributed by atoms with van der Waals surface area (Å²) >= 11 is 0. The molecule has 248 valence electrons. The number of ether oxygens (including phenoxy) is 1. The van der Waals surface area contributed by atoms with Crippen LogP contribution in [0.3, 0.4) is 0 Å². The Morgan fingerprint density at radius 1 is 0.857 bits per heavy atom. The smallest absolute Gasteiger partial charge is 0.356 e. The number of aromatic nitrogens is 1. The third kappa shape index (κ3) is 6.26. The SMILES string of the molecule is CCOC(=O)c1cc2c(c(-c3cccc(-c4cc5ccccc5o4)c3)n1)[C@@H](CCO[Si](c1ccccc1)(c1ccccc1)C(C)(C)C)NC2. The molecule has 0 radical (unpaired) electrons. The van der Waals surface area contributed by atoms with Crippen LogP contribution >= 0.6 is 0 Å². The first-order chi connectivity index (χ1) is 23.8. The van der Waals surface area contributed by atoms with Gasteiger partial charge < -0.3 is 18.9 Å². The number of benzene rings is 4. The van der Waals surface area contributed by atoms with Crippen LogP contribution in [0.15, 0.2) is 126 Å². The molecule has 7 heteroatoms. The third-order valence-corrected chi connectivity index (χ3v) is 14.5. The fourth-order valence-electron chi connectivity index (χ4n) is 7.29. The molecule has 1 atom stereocenters. The van der Waals surface area contributed by atoms with E-state index in [-0.39, 0.29) is 17.7 Å². The zero-order valence-electron chi connectivity index (χ0n) is 28.5. The molecular formula is C42H42N2O4Si. The van der Waals surface area contributed by atoms with Crippen molar-refractivity contribution in [3.8, 4) is 22.6 Å². The number of hydrogen-bond acceptors (Lipinski definition) is 6. The van der Waals surface area contributed by atoms with E-state index in [1.54, 1.807) is 0 Å². The second-order valence-electron chi connectivity index (χ2n) is 13.6. The molecule has 0 unspecified atom stereocenters. The fraction of sp³-hybridized carbons (Fsp3) is 0.238. The Hall–Kier alpha value is -4.82. The number of fused-ring (bicyclic) bond motifs is 2. The van der Waals surface area contributed by atoms with E-state index in [4.69, 9.17) is 18.6 Å². The van der Waals surface area contributed by atoms with Crippen molar-refractivity contribution < 1.29 is 18.4 Å². The highest BCUT2D eigenvalue weighted by atomic mass is 28.4. The maximum atomic E-state index is 13.0. The number of hydrogen-bond donors (Lipinski definition) is 1. The molecule has 0 saturated heterocycles. The van der Waals surface area contributed by atoms with Crippen molar-refractivity contribution in [1.82, 2.24) is 10.3 Å². The van der Waals surface area contributed by atoms with Crippen LogP contribution in [0.1, 0.15) is 61.8 Å². The van der Waals surface area contributed by atoms with Crippen molar-refractivity contribution in [1.29, 1.82) is 0 Å². The van der Waals surface area contributed by atoms with Crippen LogP contribution in [0.2, 0.25) is 5.04 Å². The van der Waals surface area contributed by atoms with E-state index in [1.807, 2.05) is 43.3 Å². The number of nitrogens with one attached hydrogen (secondary N) is 1. The first-order valence-corrected chi connectivity index (χ1v) is 19.0. The second-order valence-corrected chi connectivity index (χ2v) is 17.9. The minimum atomic E-state index is -2.70. The Morgan fingerprint density at radius 3 is 2.20 bits per heavy atom. The number of para-hydroxylation sites is 1. The van der Waals surface area contributed by atoms with Gasteiger partial charge in [0, 0.05) is 35.7 Å². The molecule has 7 rings (SSSR count). The maximum absolute atomic E-state index is 13.0. The van der Waals surface area contributed by atoms with E-state index in [0.29, 0.717) is 18.8 Å². The zero-order chi connectivity index (χ0) is 34.0. The highest BCUT2D eigenvalue weighted by molar-refractivity contribution is 6.99. The number of nitrogens with zero attached hydrogens (tertiary/aromatic N) is 1. The minimum absolute atomic E-state index is 0.0122. The van der Waals surface area contributed by atoms with Gasteiger partial charge in [0.25, 0.3) is 8.32 Å². The summed E-state index contributed by atoms with van der Waals surface area (Å²) in [5.74, 6) is 0.369. The van der Waals surface area contributed by atoms with Crippen molar-refractivity contribution in [3.05, 3.63) is 138 Å². The van der Waals surface area contributed by atoms with Gasteiger partial charge in [-0.1, -0.05) is 118 Å². The third-order valence-electron chi connectivity index (χ3n) is 9.50. The maximum Gasteiger partial charge on any atom is 0.356 e. The lowest BCUT2D eigenvalue weighted by Crippen LogP contribution is -2.66. The normalized spacial score (nSPS) is 14.6. The Balaban J connectivity index is 1.25. The van der Waals surface area contributed by atoms with Gasteiger partial charge in [0.15, 0.2) is 0 Å². The first-order valence-electron chi connectivity index (χ1n) is 17.1. The first kappa shape index (κ1) is 32.7. The lowest BCUT2D eigenvalue weighted by molar-refractivity contribution is 0.0519. The van der Waals surface area contributed by atoms with Gasteiger partial charge in [-0.3, -0.25) is 0 Å². The molecule has 4 aromatic carbocycles. The van der Waals surface area contributed by atoms with Crippen molar-refractivity contribution in [2.45, 2.75) is 51.7 Å². The Labute approximate surface area is 289 Å². The number of pyridine rings is 1. The summed E-state index contributed by atoms with van der Waals surface area (Å²) < 4.78 is 18.9. The van der Waals surface area contributed by atoms with E-state index in [9.17, 15) is 4.79 Å². The molecule has 0 fully saturated rings. The predicted octanol–water partition coefficient (Wildman–Crippen LogP) is 8.45.